The van der Waals surface area contributed by atoms with Crippen LogP contribution < -0.4 is 5.73 Å². The summed E-state index contributed by atoms with van der Waals surface area (Å²) in [7, 11) is 2.19. The molecule has 2 atom stereocenters. The van der Waals surface area contributed by atoms with Gasteiger partial charge in [0.2, 0.25) is 0 Å². The first-order valence-corrected chi connectivity index (χ1v) is 8.55. The van der Waals surface area contributed by atoms with Gasteiger partial charge in [0.25, 0.3) is 0 Å². The molecule has 1 heterocycles. The molecule has 1 spiro atoms. The molecule has 0 aliphatic heterocycles. The fourth-order valence-electron chi connectivity index (χ4n) is 4.47. The minimum Gasteiger partial charge on any atom is -0.384 e. The average Bonchev–Trinajstić information content (AvgIpc) is 2.51. The summed E-state index contributed by atoms with van der Waals surface area (Å²) in [5.41, 5.74) is 6.12. The van der Waals surface area contributed by atoms with Crippen LogP contribution in [0.3, 0.4) is 0 Å². The van der Waals surface area contributed by atoms with Crippen LogP contribution in [0.1, 0.15) is 51.3 Å². The summed E-state index contributed by atoms with van der Waals surface area (Å²) in [5.74, 6) is 1.36. The second-order valence-corrected chi connectivity index (χ2v) is 6.80. The molecule has 2 aliphatic rings. The lowest BCUT2D eigenvalue weighted by atomic mass is 9.54. The molecule has 1 aromatic rings. The van der Waals surface area contributed by atoms with E-state index in [1.54, 1.807) is 12.3 Å². The van der Waals surface area contributed by atoms with Crippen LogP contribution in [0.4, 0.5) is 5.82 Å². The average molecular weight is 304 g/mol. The van der Waals surface area contributed by atoms with E-state index in [9.17, 15) is 0 Å². The number of aromatic nitrogens is 2. The van der Waals surface area contributed by atoms with Crippen molar-refractivity contribution in [2.75, 3.05) is 19.4 Å². The second-order valence-electron chi connectivity index (χ2n) is 6.80. The van der Waals surface area contributed by atoms with Gasteiger partial charge in [-0.3, -0.25) is 4.90 Å². The number of hydrogen-bond acceptors (Lipinski definition) is 5. The summed E-state index contributed by atoms with van der Waals surface area (Å²) < 4.78 is 6.04. The summed E-state index contributed by atoms with van der Waals surface area (Å²) >= 11 is 0. The Bertz CT molecular complexity index is 501. The molecular weight excluding hydrogens is 276 g/mol. The van der Waals surface area contributed by atoms with Gasteiger partial charge in [-0.15, -0.1) is 0 Å². The lowest BCUT2D eigenvalue weighted by Gasteiger charge is -2.60. The fraction of sp³-hybridized carbons (Fsp3) is 0.765. The first kappa shape index (κ1) is 15.7. The summed E-state index contributed by atoms with van der Waals surface area (Å²) in [4.78, 5) is 11.1. The first-order valence-electron chi connectivity index (χ1n) is 8.55. The molecule has 0 bridgehead atoms. The van der Waals surface area contributed by atoms with E-state index >= 15 is 0 Å². The molecule has 0 radical (unpaired) electrons. The zero-order chi connectivity index (χ0) is 15.6. The van der Waals surface area contributed by atoms with Crippen LogP contribution in [0, 0.1) is 5.41 Å². The fourth-order valence-corrected chi connectivity index (χ4v) is 4.47. The first-order chi connectivity index (χ1) is 10.7. The van der Waals surface area contributed by atoms with E-state index in [0.29, 0.717) is 23.4 Å². The zero-order valence-electron chi connectivity index (χ0n) is 13.8. The predicted octanol–water partition coefficient (Wildman–Crippen LogP) is 2.62. The van der Waals surface area contributed by atoms with Gasteiger partial charge in [-0.05, 0) is 39.3 Å². The van der Waals surface area contributed by atoms with Gasteiger partial charge < -0.3 is 10.5 Å². The maximum Gasteiger partial charge on any atom is 0.144 e. The van der Waals surface area contributed by atoms with Crippen LogP contribution >= 0.6 is 0 Å². The molecule has 122 valence electrons. The highest BCUT2D eigenvalue weighted by atomic mass is 16.5. The van der Waals surface area contributed by atoms with Crippen LogP contribution in [-0.4, -0.2) is 40.7 Å². The highest BCUT2D eigenvalue weighted by molar-refractivity contribution is 5.25. The van der Waals surface area contributed by atoms with E-state index in [0.717, 1.165) is 25.4 Å². The number of rotatable bonds is 5. The van der Waals surface area contributed by atoms with Crippen LogP contribution in [0.25, 0.3) is 0 Å². The maximum absolute atomic E-state index is 6.04. The normalized spacial score (nSPS) is 27.0. The topological polar surface area (TPSA) is 64.3 Å². The molecule has 2 fully saturated rings. The van der Waals surface area contributed by atoms with Gasteiger partial charge in [0.05, 0.1) is 12.6 Å². The molecule has 2 saturated carbocycles. The number of ether oxygens (including phenoxy) is 1. The number of nitrogen functional groups attached to an aromatic ring is 1. The lowest BCUT2D eigenvalue weighted by Crippen LogP contribution is -2.64. The van der Waals surface area contributed by atoms with Gasteiger partial charge in [0.1, 0.15) is 11.6 Å². The highest BCUT2D eigenvalue weighted by Gasteiger charge is 2.56. The van der Waals surface area contributed by atoms with E-state index in [1.807, 2.05) is 0 Å². The molecule has 1 aromatic heterocycles. The number of nitrogens with zero attached hydrogens (tertiary/aromatic N) is 3. The lowest BCUT2D eigenvalue weighted by molar-refractivity contribution is -0.180. The Kier molecular flexibility index (Phi) is 4.64. The molecule has 2 N–H and O–H groups in total. The molecule has 0 amide bonds. The minimum absolute atomic E-state index is 0.351. The Labute approximate surface area is 133 Å². The molecule has 0 unspecified atom stereocenters. The van der Waals surface area contributed by atoms with Crippen molar-refractivity contribution in [3.8, 4) is 0 Å². The van der Waals surface area contributed by atoms with Crippen molar-refractivity contribution in [1.82, 2.24) is 14.9 Å². The molecule has 2 aliphatic carbocycles. The minimum atomic E-state index is 0.351. The largest absolute Gasteiger partial charge is 0.384 e. The Morgan fingerprint density at radius 2 is 2.14 bits per heavy atom. The number of hydrogen-bond donors (Lipinski definition) is 1. The van der Waals surface area contributed by atoms with Crippen LogP contribution in [-0.2, 0) is 11.3 Å². The maximum atomic E-state index is 6.04. The van der Waals surface area contributed by atoms with Gasteiger partial charge in [-0.1, -0.05) is 19.3 Å². The number of anilines is 1. The molecule has 5 heteroatoms. The van der Waals surface area contributed by atoms with Crippen molar-refractivity contribution >= 4 is 5.82 Å². The number of nitrogens with two attached hydrogens (primary N) is 1. The third-order valence-corrected chi connectivity index (χ3v) is 5.54. The summed E-state index contributed by atoms with van der Waals surface area (Å²) in [6, 6.07) is 2.31. The van der Waals surface area contributed by atoms with E-state index < -0.39 is 0 Å². The van der Waals surface area contributed by atoms with E-state index in [1.165, 1.54) is 32.1 Å². The summed E-state index contributed by atoms with van der Waals surface area (Å²) in [6.07, 6.45) is 9.94. The smallest absolute Gasteiger partial charge is 0.144 e. The predicted molar refractivity (Wildman–Crippen MR) is 87.2 cm³/mol. The SMILES string of the molecule is CCO[C@@H]1C[C@H](N(C)Cc2nccc(N)n2)C12CCCCC2. The van der Waals surface area contributed by atoms with Crippen LogP contribution in [0.5, 0.6) is 0 Å². The molecule has 0 saturated heterocycles. The van der Waals surface area contributed by atoms with Gasteiger partial charge in [-0.2, -0.15) is 0 Å². The molecular formula is C17H28N4O. The summed E-state index contributed by atoms with van der Waals surface area (Å²) in [6.45, 7) is 3.69. The molecule has 5 nitrogen and oxygen atoms in total. The Morgan fingerprint density at radius 1 is 1.36 bits per heavy atom. The Morgan fingerprint density at radius 3 is 2.82 bits per heavy atom. The van der Waals surface area contributed by atoms with E-state index in [4.69, 9.17) is 10.5 Å². The molecule has 22 heavy (non-hydrogen) atoms. The van der Waals surface area contributed by atoms with Crippen molar-refractivity contribution in [3.05, 3.63) is 18.1 Å². The Balaban J connectivity index is 1.70. The van der Waals surface area contributed by atoms with Crippen molar-refractivity contribution in [3.63, 3.8) is 0 Å². The molecule has 3 rings (SSSR count). The zero-order valence-corrected chi connectivity index (χ0v) is 13.8. The van der Waals surface area contributed by atoms with Crippen LogP contribution in [0.15, 0.2) is 12.3 Å². The van der Waals surface area contributed by atoms with Gasteiger partial charge in [0.15, 0.2) is 0 Å². The second kappa shape index (κ2) is 6.50. The highest BCUT2D eigenvalue weighted by Crippen LogP contribution is 2.55. The third-order valence-electron chi connectivity index (χ3n) is 5.54. The quantitative estimate of drug-likeness (QED) is 0.906. The van der Waals surface area contributed by atoms with E-state index in [2.05, 4.69) is 28.8 Å². The monoisotopic (exact) mass is 304 g/mol. The van der Waals surface area contributed by atoms with Crippen molar-refractivity contribution in [2.24, 2.45) is 5.41 Å². The summed E-state index contributed by atoms with van der Waals surface area (Å²) in [5, 5.41) is 0. The van der Waals surface area contributed by atoms with Crippen molar-refractivity contribution in [1.29, 1.82) is 0 Å². The van der Waals surface area contributed by atoms with Crippen molar-refractivity contribution < 1.29 is 4.74 Å². The standard InChI is InChI=1S/C17H28N4O/c1-3-22-14-11-13(17(14)8-5-4-6-9-17)21(2)12-16-19-10-7-15(18)20-16/h7,10,13-14H,3-6,8-9,11-12H2,1-2H3,(H2,18,19,20)/t13-,14+/m0/s1. The third kappa shape index (κ3) is 2.84. The van der Waals surface area contributed by atoms with Gasteiger partial charge in [0, 0.05) is 24.3 Å². The van der Waals surface area contributed by atoms with Gasteiger partial charge >= 0.3 is 0 Å². The van der Waals surface area contributed by atoms with Crippen molar-refractivity contribution in [2.45, 2.75) is 64.1 Å². The van der Waals surface area contributed by atoms with Crippen LogP contribution in [0.2, 0.25) is 0 Å². The van der Waals surface area contributed by atoms with E-state index in [-0.39, 0.29) is 0 Å². The van der Waals surface area contributed by atoms with Gasteiger partial charge in [-0.25, -0.2) is 9.97 Å². The Hall–Kier alpha value is -1.20. The molecule has 0 aromatic carbocycles.